The fourth-order valence-corrected chi connectivity index (χ4v) is 2.01. The number of benzene rings is 1. The van der Waals surface area contributed by atoms with Gasteiger partial charge in [0.1, 0.15) is 5.82 Å². The number of nitrogens with zero attached hydrogens (tertiary/aromatic N) is 1. The monoisotopic (exact) mass is 238 g/mol. The standard InChI is InChI=1S/C12H15FN2O2/c13-10-4-6-12(15(16)17)9(7-10)3-5-11(14)8-1-2-8/h4,6-8,11H,1-3,5,14H2. The second-order valence-corrected chi connectivity index (χ2v) is 4.57. The van der Waals surface area contributed by atoms with Gasteiger partial charge in [-0.15, -0.1) is 0 Å². The molecular weight excluding hydrogens is 223 g/mol. The maximum absolute atomic E-state index is 13.1. The second kappa shape index (κ2) is 4.79. The molecule has 92 valence electrons. The van der Waals surface area contributed by atoms with E-state index in [-0.39, 0.29) is 11.7 Å². The molecule has 2 rings (SSSR count). The van der Waals surface area contributed by atoms with E-state index in [4.69, 9.17) is 5.73 Å². The van der Waals surface area contributed by atoms with Crippen molar-refractivity contribution in [1.82, 2.24) is 0 Å². The molecule has 1 aromatic carbocycles. The zero-order valence-corrected chi connectivity index (χ0v) is 9.43. The van der Waals surface area contributed by atoms with E-state index in [1.54, 1.807) is 0 Å². The average Bonchev–Trinajstić information content (AvgIpc) is 3.09. The van der Waals surface area contributed by atoms with E-state index in [1.807, 2.05) is 0 Å². The van der Waals surface area contributed by atoms with E-state index in [0.717, 1.165) is 18.9 Å². The summed E-state index contributed by atoms with van der Waals surface area (Å²) in [6, 6.07) is 3.64. The van der Waals surface area contributed by atoms with Crippen LogP contribution in [0.1, 0.15) is 24.8 Å². The zero-order chi connectivity index (χ0) is 12.4. The molecule has 0 radical (unpaired) electrons. The first kappa shape index (κ1) is 12.0. The Morgan fingerprint density at radius 1 is 1.53 bits per heavy atom. The zero-order valence-electron chi connectivity index (χ0n) is 9.43. The van der Waals surface area contributed by atoms with Crippen LogP contribution in [0.5, 0.6) is 0 Å². The number of nitro benzene ring substituents is 1. The van der Waals surface area contributed by atoms with Gasteiger partial charge in [0.05, 0.1) is 4.92 Å². The fraction of sp³-hybridized carbons (Fsp3) is 0.500. The van der Waals surface area contributed by atoms with Gasteiger partial charge in [0.15, 0.2) is 0 Å². The SMILES string of the molecule is NC(CCc1cc(F)ccc1[N+](=O)[O-])C1CC1. The topological polar surface area (TPSA) is 69.2 Å². The van der Waals surface area contributed by atoms with Crippen LogP contribution in [0.4, 0.5) is 10.1 Å². The maximum atomic E-state index is 13.1. The van der Waals surface area contributed by atoms with Gasteiger partial charge in [0.25, 0.3) is 5.69 Å². The molecule has 17 heavy (non-hydrogen) atoms. The average molecular weight is 238 g/mol. The molecule has 1 atom stereocenters. The third-order valence-corrected chi connectivity index (χ3v) is 3.21. The summed E-state index contributed by atoms with van der Waals surface area (Å²) in [6.07, 6.45) is 3.43. The van der Waals surface area contributed by atoms with Gasteiger partial charge in [-0.05, 0) is 43.7 Å². The van der Waals surface area contributed by atoms with Crippen molar-refractivity contribution in [3.63, 3.8) is 0 Å². The molecule has 0 spiro atoms. The van der Waals surface area contributed by atoms with Crippen LogP contribution in [0.2, 0.25) is 0 Å². The predicted molar refractivity (Wildman–Crippen MR) is 62.1 cm³/mol. The molecule has 0 aromatic heterocycles. The molecule has 1 aliphatic rings. The summed E-state index contributed by atoms with van der Waals surface area (Å²) in [6.45, 7) is 0. The molecule has 5 heteroatoms. The molecule has 0 amide bonds. The summed E-state index contributed by atoms with van der Waals surface area (Å²) < 4.78 is 13.1. The van der Waals surface area contributed by atoms with Crippen molar-refractivity contribution in [1.29, 1.82) is 0 Å². The molecule has 0 heterocycles. The van der Waals surface area contributed by atoms with Crippen LogP contribution >= 0.6 is 0 Å². The van der Waals surface area contributed by atoms with E-state index in [0.29, 0.717) is 24.3 Å². The lowest BCUT2D eigenvalue weighted by Crippen LogP contribution is -2.23. The molecule has 0 aliphatic heterocycles. The first-order valence-corrected chi connectivity index (χ1v) is 5.76. The highest BCUT2D eigenvalue weighted by Crippen LogP contribution is 2.33. The van der Waals surface area contributed by atoms with Crippen LogP contribution in [0.3, 0.4) is 0 Å². The smallest absolute Gasteiger partial charge is 0.272 e. The van der Waals surface area contributed by atoms with Crippen LogP contribution in [0.15, 0.2) is 18.2 Å². The highest BCUT2D eigenvalue weighted by Gasteiger charge is 2.28. The molecule has 1 fully saturated rings. The van der Waals surface area contributed by atoms with Crippen molar-refractivity contribution in [2.75, 3.05) is 0 Å². The van der Waals surface area contributed by atoms with Crippen molar-refractivity contribution in [2.45, 2.75) is 31.7 Å². The summed E-state index contributed by atoms with van der Waals surface area (Å²) >= 11 is 0. The Morgan fingerprint density at radius 3 is 2.82 bits per heavy atom. The van der Waals surface area contributed by atoms with Crippen LogP contribution in [-0.4, -0.2) is 11.0 Å². The van der Waals surface area contributed by atoms with Gasteiger partial charge < -0.3 is 5.73 Å². The van der Waals surface area contributed by atoms with Gasteiger partial charge in [-0.3, -0.25) is 10.1 Å². The Balaban J connectivity index is 2.07. The fourth-order valence-electron chi connectivity index (χ4n) is 2.01. The Morgan fingerprint density at radius 2 is 2.24 bits per heavy atom. The summed E-state index contributed by atoms with van der Waals surface area (Å²) in [7, 11) is 0. The molecule has 0 bridgehead atoms. The highest BCUT2D eigenvalue weighted by atomic mass is 19.1. The molecule has 1 aromatic rings. The Hall–Kier alpha value is -1.49. The number of aryl methyl sites for hydroxylation is 1. The molecule has 1 saturated carbocycles. The first-order valence-electron chi connectivity index (χ1n) is 5.76. The third-order valence-electron chi connectivity index (χ3n) is 3.21. The molecule has 0 saturated heterocycles. The Bertz CT molecular complexity index is 433. The van der Waals surface area contributed by atoms with Gasteiger partial charge in [-0.2, -0.15) is 0 Å². The number of nitrogens with two attached hydrogens (primary N) is 1. The summed E-state index contributed by atoms with van der Waals surface area (Å²) in [5.41, 5.74) is 6.34. The van der Waals surface area contributed by atoms with Gasteiger partial charge in [0, 0.05) is 17.7 Å². The maximum Gasteiger partial charge on any atom is 0.272 e. The van der Waals surface area contributed by atoms with Crippen LogP contribution in [-0.2, 0) is 6.42 Å². The lowest BCUT2D eigenvalue weighted by molar-refractivity contribution is -0.385. The second-order valence-electron chi connectivity index (χ2n) is 4.57. The lowest BCUT2D eigenvalue weighted by Gasteiger charge is -2.09. The number of rotatable bonds is 5. The van der Waals surface area contributed by atoms with Crippen molar-refractivity contribution in [3.05, 3.63) is 39.7 Å². The molecule has 1 unspecified atom stereocenters. The van der Waals surface area contributed by atoms with E-state index < -0.39 is 10.7 Å². The van der Waals surface area contributed by atoms with Crippen LogP contribution < -0.4 is 5.73 Å². The molecule has 2 N–H and O–H groups in total. The van der Waals surface area contributed by atoms with Crippen molar-refractivity contribution >= 4 is 5.69 Å². The van der Waals surface area contributed by atoms with Gasteiger partial charge >= 0.3 is 0 Å². The van der Waals surface area contributed by atoms with Crippen LogP contribution in [0.25, 0.3) is 0 Å². The number of nitro groups is 1. The Kier molecular flexibility index (Phi) is 3.38. The quantitative estimate of drug-likeness (QED) is 0.632. The molecule has 1 aliphatic carbocycles. The number of hydrogen-bond acceptors (Lipinski definition) is 3. The van der Waals surface area contributed by atoms with E-state index in [2.05, 4.69) is 0 Å². The normalized spacial score (nSPS) is 16.8. The molecular formula is C12H15FN2O2. The molecule has 4 nitrogen and oxygen atoms in total. The minimum absolute atomic E-state index is 0.0191. The van der Waals surface area contributed by atoms with E-state index in [1.165, 1.54) is 12.1 Å². The van der Waals surface area contributed by atoms with Crippen molar-refractivity contribution < 1.29 is 9.31 Å². The number of hydrogen-bond donors (Lipinski definition) is 1. The van der Waals surface area contributed by atoms with E-state index in [9.17, 15) is 14.5 Å². The minimum Gasteiger partial charge on any atom is -0.327 e. The largest absolute Gasteiger partial charge is 0.327 e. The van der Waals surface area contributed by atoms with Gasteiger partial charge in [-0.1, -0.05) is 0 Å². The van der Waals surface area contributed by atoms with Crippen molar-refractivity contribution in [3.8, 4) is 0 Å². The highest BCUT2D eigenvalue weighted by molar-refractivity contribution is 5.40. The summed E-state index contributed by atoms with van der Waals surface area (Å²) in [5.74, 6) is 0.119. The third kappa shape index (κ3) is 3.00. The van der Waals surface area contributed by atoms with E-state index >= 15 is 0 Å². The lowest BCUT2D eigenvalue weighted by atomic mass is 10.0. The Labute approximate surface area is 98.8 Å². The first-order chi connectivity index (χ1) is 8.08. The van der Waals surface area contributed by atoms with Crippen LogP contribution in [0, 0.1) is 21.8 Å². The predicted octanol–water partition coefficient (Wildman–Crippen LogP) is 2.40. The minimum atomic E-state index is -0.475. The summed E-state index contributed by atoms with van der Waals surface area (Å²) in [5, 5.41) is 10.8. The van der Waals surface area contributed by atoms with Crippen molar-refractivity contribution in [2.24, 2.45) is 11.7 Å². The number of halogens is 1. The summed E-state index contributed by atoms with van der Waals surface area (Å²) in [4.78, 5) is 10.3. The van der Waals surface area contributed by atoms with Gasteiger partial charge in [0.2, 0.25) is 0 Å². The van der Waals surface area contributed by atoms with Gasteiger partial charge in [-0.25, -0.2) is 4.39 Å².